The highest BCUT2D eigenvalue weighted by molar-refractivity contribution is 5.67. The summed E-state index contributed by atoms with van der Waals surface area (Å²) in [5.41, 5.74) is 4.33. The van der Waals surface area contributed by atoms with E-state index < -0.39 is 6.09 Å². The number of methoxy groups -OCH3 is 1. The molecule has 29 heavy (non-hydrogen) atoms. The molecular weight excluding hydrogens is 366 g/mol. The second kappa shape index (κ2) is 8.47. The van der Waals surface area contributed by atoms with Crippen molar-refractivity contribution in [1.82, 2.24) is 14.7 Å². The molecule has 1 aromatic heterocycles. The van der Waals surface area contributed by atoms with Crippen molar-refractivity contribution in [2.75, 3.05) is 13.7 Å². The van der Waals surface area contributed by atoms with Gasteiger partial charge in [0, 0.05) is 24.2 Å². The Morgan fingerprint density at radius 3 is 2.52 bits per heavy atom. The molecule has 158 valence electrons. The van der Waals surface area contributed by atoms with Crippen molar-refractivity contribution in [3.8, 4) is 5.75 Å². The van der Waals surface area contributed by atoms with Crippen molar-refractivity contribution in [3.05, 3.63) is 46.8 Å². The Hall–Kier alpha value is -2.50. The molecule has 1 aliphatic rings. The molecule has 6 nitrogen and oxygen atoms in total. The van der Waals surface area contributed by atoms with Crippen LogP contribution in [0.4, 0.5) is 4.79 Å². The van der Waals surface area contributed by atoms with E-state index in [9.17, 15) is 9.90 Å². The van der Waals surface area contributed by atoms with Crippen molar-refractivity contribution >= 4 is 6.09 Å². The molecular formula is C23H33N3O3. The van der Waals surface area contributed by atoms with Gasteiger partial charge in [0.25, 0.3) is 0 Å². The first kappa shape index (κ1) is 21.2. The van der Waals surface area contributed by atoms with Crippen LogP contribution in [0.25, 0.3) is 0 Å². The molecule has 1 aromatic carbocycles. The number of benzene rings is 1. The topological polar surface area (TPSA) is 67.6 Å². The number of aromatic nitrogens is 2. The SMILES string of the molecule is CCCCc1nn(Cc2ccc(OC)cc2)c2c1C(C(C)(C)C)N(C(=O)O)CC2. The summed E-state index contributed by atoms with van der Waals surface area (Å²) in [4.78, 5) is 13.6. The Morgan fingerprint density at radius 2 is 1.97 bits per heavy atom. The van der Waals surface area contributed by atoms with Crippen LogP contribution in [0.2, 0.25) is 0 Å². The number of amides is 1. The second-order valence-electron chi connectivity index (χ2n) is 8.91. The van der Waals surface area contributed by atoms with E-state index in [1.807, 2.05) is 12.1 Å². The summed E-state index contributed by atoms with van der Waals surface area (Å²) in [6.45, 7) is 9.72. The maximum Gasteiger partial charge on any atom is 0.407 e. The van der Waals surface area contributed by atoms with Crippen LogP contribution < -0.4 is 4.74 Å². The van der Waals surface area contributed by atoms with E-state index in [1.54, 1.807) is 12.0 Å². The molecule has 3 rings (SSSR count). The molecule has 0 radical (unpaired) electrons. The van der Waals surface area contributed by atoms with Crippen LogP contribution in [0.5, 0.6) is 5.75 Å². The fourth-order valence-electron chi connectivity index (χ4n) is 4.33. The van der Waals surface area contributed by atoms with Gasteiger partial charge >= 0.3 is 6.09 Å². The van der Waals surface area contributed by atoms with Crippen LogP contribution in [0, 0.1) is 5.41 Å². The van der Waals surface area contributed by atoms with Crippen LogP contribution in [0.3, 0.4) is 0 Å². The number of carbonyl (C=O) groups is 1. The fourth-order valence-corrected chi connectivity index (χ4v) is 4.33. The molecule has 0 bridgehead atoms. The number of hydrogen-bond acceptors (Lipinski definition) is 3. The lowest BCUT2D eigenvalue weighted by Gasteiger charge is -2.42. The number of unbranched alkanes of at least 4 members (excludes halogenated alkanes) is 1. The van der Waals surface area contributed by atoms with Gasteiger partial charge in [-0.2, -0.15) is 5.10 Å². The summed E-state index contributed by atoms with van der Waals surface area (Å²) >= 11 is 0. The van der Waals surface area contributed by atoms with Gasteiger partial charge in [-0.05, 0) is 36.0 Å². The van der Waals surface area contributed by atoms with Crippen LogP contribution in [0.15, 0.2) is 24.3 Å². The average Bonchev–Trinajstić information content (AvgIpc) is 3.02. The van der Waals surface area contributed by atoms with Crippen molar-refractivity contribution in [2.45, 2.75) is 66.0 Å². The van der Waals surface area contributed by atoms with Gasteiger partial charge < -0.3 is 14.7 Å². The maximum atomic E-state index is 12.0. The summed E-state index contributed by atoms with van der Waals surface area (Å²) in [7, 11) is 1.67. The quantitative estimate of drug-likeness (QED) is 0.750. The Balaban J connectivity index is 2.05. The number of nitrogens with zero attached hydrogens (tertiary/aromatic N) is 3. The zero-order valence-corrected chi connectivity index (χ0v) is 18.2. The van der Waals surface area contributed by atoms with Gasteiger partial charge in [-0.3, -0.25) is 4.68 Å². The van der Waals surface area contributed by atoms with E-state index in [0.29, 0.717) is 19.5 Å². The lowest BCUT2D eigenvalue weighted by atomic mass is 9.77. The lowest BCUT2D eigenvalue weighted by Crippen LogP contribution is -2.45. The third-order valence-corrected chi connectivity index (χ3v) is 5.67. The molecule has 6 heteroatoms. The van der Waals surface area contributed by atoms with E-state index in [0.717, 1.165) is 41.8 Å². The van der Waals surface area contributed by atoms with Gasteiger partial charge in [0.1, 0.15) is 5.75 Å². The molecule has 0 fully saturated rings. The summed E-state index contributed by atoms with van der Waals surface area (Å²) in [5.74, 6) is 0.838. The summed E-state index contributed by atoms with van der Waals surface area (Å²) in [6, 6.07) is 7.87. The third-order valence-electron chi connectivity index (χ3n) is 5.67. The molecule has 1 aliphatic heterocycles. The predicted octanol–water partition coefficient (Wildman–Crippen LogP) is 4.91. The highest BCUT2D eigenvalue weighted by atomic mass is 16.5. The van der Waals surface area contributed by atoms with E-state index in [2.05, 4.69) is 44.5 Å². The van der Waals surface area contributed by atoms with E-state index in [-0.39, 0.29) is 11.5 Å². The Morgan fingerprint density at radius 1 is 1.28 bits per heavy atom. The molecule has 1 amide bonds. The van der Waals surface area contributed by atoms with Crippen LogP contribution in [-0.2, 0) is 19.4 Å². The Kier molecular flexibility index (Phi) is 6.20. The van der Waals surface area contributed by atoms with Crippen LogP contribution in [-0.4, -0.2) is 39.5 Å². The summed E-state index contributed by atoms with van der Waals surface area (Å²) < 4.78 is 7.36. The van der Waals surface area contributed by atoms with Crippen molar-refractivity contribution in [1.29, 1.82) is 0 Å². The minimum absolute atomic E-state index is 0.180. The fraction of sp³-hybridized carbons (Fsp3) is 0.565. The van der Waals surface area contributed by atoms with Gasteiger partial charge in [-0.1, -0.05) is 46.2 Å². The highest BCUT2D eigenvalue weighted by Gasteiger charge is 2.42. The number of hydrogen-bond donors (Lipinski definition) is 1. The van der Waals surface area contributed by atoms with Gasteiger partial charge in [0.15, 0.2) is 0 Å². The lowest BCUT2D eigenvalue weighted by molar-refractivity contribution is 0.0748. The zero-order chi connectivity index (χ0) is 21.2. The Bertz CT molecular complexity index is 849. The molecule has 1 atom stereocenters. The molecule has 0 aliphatic carbocycles. The monoisotopic (exact) mass is 399 g/mol. The van der Waals surface area contributed by atoms with E-state index in [4.69, 9.17) is 9.84 Å². The molecule has 2 aromatic rings. The average molecular weight is 400 g/mol. The number of carboxylic acid groups (broad SMARTS) is 1. The van der Waals surface area contributed by atoms with Crippen LogP contribution >= 0.6 is 0 Å². The molecule has 1 N–H and O–H groups in total. The highest BCUT2D eigenvalue weighted by Crippen LogP contribution is 2.44. The first-order valence-electron chi connectivity index (χ1n) is 10.5. The normalized spacial score (nSPS) is 16.6. The molecule has 1 unspecified atom stereocenters. The van der Waals surface area contributed by atoms with Crippen molar-refractivity contribution < 1.29 is 14.6 Å². The molecule has 0 saturated heterocycles. The van der Waals surface area contributed by atoms with E-state index in [1.165, 1.54) is 5.69 Å². The third kappa shape index (κ3) is 4.41. The van der Waals surface area contributed by atoms with Gasteiger partial charge in [-0.25, -0.2) is 4.79 Å². The first-order valence-corrected chi connectivity index (χ1v) is 10.5. The summed E-state index contributed by atoms with van der Waals surface area (Å²) in [6.07, 6.45) is 2.87. The van der Waals surface area contributed by atoms with Crippen molar-refractivity contribution in [2.24, 2.45) is 5.41 Å². The first-order chi connectivity index (χ1) is 13.8. The van der Waals surface area contributed by atoms with Crippen LogP contribution in [0.1, 0.15) is 69.1 Å². The predicted molar refractivity (Wildman–Crippen MR) is 114 cm³/mol. The van der Waals surface area contributed by atoms with Gasteiger partial charge in [0.05, 0.1) is 25.4 Å². The molecule has 0 spiro atoms. The number of aryl methyl sites for hydroxylation is 1. The molecule has 0 saturated carbocycles. The zero-order valence-electron chi connectivity index (χ0n) is 18.2. The van der Waals surface area contributed by atoms with Crippen molar-refractivity contribution in [3.63, 3.8) is 0 Å². The number of ether oxygens (including phenoxy) is 1. The summed E-state index contributed by atoms with van der Waals surface area (Å²) in [5, 5.41) is 14.8. The minimum atomic E-state index is -0.847. The minimum Gasteiger partial charge on any atom is -0.497 e. The maximum absolute atomic E-state index is 12.0. The number of fused-ring (bicyclic) bond motifs is 1. The van der Waals surface area contributed by atoms with Gasteiger partial charge in [0.2, 0.25) is 0 Å². The van der Waals surface area contributed by atoms with Gasteiger partial charge in [-0.15, -0.1) is 0 Å². The number of rotatable bonds is 6. The largest absolute Gasteiger partial charge is 0.497 e. The van der Waals surface area contributed by atoms with E-state index >= 15 is 0 Å². The molecule has 2 heterocycles. The smallest absolute Gasteiger partial charge is 0.407 e. The second-order valence-corrected chi connectivity index (χ2v) is 8.91. The Labute approximate surface area is 173 Å². The standard InChI is InChI=1S/C23H33N3O3/c1-6-7-8-18-20-19(13-14-25(22(27)28)21(20)23(2,3)4)26(24-18)15-16-9-11-17(29-5)12-10-16/h9-12,21H,6-8,13-15H2,1-5H3,(H,27,28).